The second-order valence-electron chi connectivity index (χ2n) is 4.89. The van der Waals surface area contributed by atoms with E-state index in [-0.39, 0.29) is 0 Å². The number of amides is 1. The summed E-state index contributed by atoms with van der Waals surface area (Å²) in [5.41, 5.74) is 6.77. The Kier molecular flexibility index (Phi) is 7.94. The zero-order chi connectivity index (χ0) is 15.5. The fourth-order valence-electron chi connectivity index (χ4n) is 1.92. The van der Waals surface area contributed by atoms with Crippen LogP contribution in [-0.2, 0) is 6.54 Å². The average Bonchev–Trinajstić information content (AvgIpc) is 2.49. The Morgan fingerprint density at radius 3 is 2.71 bits per heavy atom. The summed E-state index contributed by atoms with van der Waals surface area (Å²) in [5, 5.41) is 6.52. The van der Waals surface area contributed by atoms with Crippen molar-refractivity contribution in [3.63, 3.8) is 0 Å². The van der Waals surface area contributed by atoms with Crippen LogP contribution in [0.2, 0.25) is 0 Å². The molecule has 0 radical (unpaired) electrons. The average molecular weight is 290 g/mol. The number of hydrogen-bond acceptors (Lipinski definition) is 2. The number of hydrogen-bond donors (Lipinski definition) is 3. The van der Waals surface area contributed by atoms with Gasteiger partial charge in [0, 0.05) is 18.7 Å². The van der Waals surface area contributed by atoms with Crippen molar-refractivity contribution in [2.75, 3.05) is 13.1 Å². The highest BCUT2D eigenvalue weighted by Crippen LogP contribution is 2.06. The van der Waals surface area contributed by atoms with Gasteiger partial charge in [0.25, 0.3) is 0 Å². The Balaban J connectivity index is 2.60. The topological polar surface area (TPSA) is 79.5 Å². The van der Waals surface area contributed by atoms with Crippen LogP contribution in [0.1, 0.15) is 49.0 Å². The highest BCUT2D eigenvalue weighted by molar-refractivity contribution is 5.92. The van der Waals surface area contributed by atoms with Gasteiger partial charge in [-0.1, -0.05) is 31.9 Å². The van der Waals surface area contributed by atoms with E-state index < -0.39 is 5.91 Å². The number of unbranched alkanes of at least 4 members (excludes halogenated alkanes) is 2. The number of rotatable bonds is 8. The number of carbonyl (C=O) groups excluding carboxylic acids is 1. The summed E-state index contributed by atoms with van der Waals surface area (Å²) >= 11 is 0. The number of aliphatic imine (C=N–C) groups is 1. The van der Waals surface area contributed by atoms with E-state index in [0.29, 0.717) is 12.1 Å². The molecule has 0 aromatic heterocycles. The zero-order valence-electron chi connectivity index (χ0n) is 13.0. The van der Waals surface area contributed by atoms with Gasteiger partial charge in [0.1, 0.15) is 0 Å². The Bertz CT molecular complexity index is 471. The number of guanidine groups is 1. The van der Waals surface area contributed by atoms with E-state index in [2.05, 4.69) is 22.5 Å². The Morgan fingerprint density at radius 2 is 2.05 bits per heavy atom. The molecule has 1 aromatic rings. The second-order valence-corrected chi connectivity index (χ2v) is 4.89. The summed E-state index contributed by atoms with van der Waals surface area (Å²) in [7, 11) is 0. The van der Waals surface area contributed by atoms with Gasteiger partial charge in [0.2, 0.25) is 5.91 Å². The maximum absolute atomic E-state index is 11.2. The number of nitrogens with zero attached hydrogens (tertiary/aromatic N) is 1. The highest BCUT2D eigenvalue weighted by atomic mass is 16.1. The molecule has 0 spiro atoms. The van der Waals surface area contributed by atoms with Crippen LogP contribution in [0.3, 0.4) is 0 Å². The molecule has 0 aliphatic rings. The second kappa shape index (κ2) is 9.80. The quantitative estimate of drug-likeness (QED) is 0.389. The summed E-state index contributed by atoms with van der Waals surface area (Å²) in [4.78, 5) is 15.7. The summed E-state index contributed by atoms with van der Waals surface area (Å²) in [6, 6.07) is 7.26. The van der Waals surface area contributed by atoms with Crippen LogP contribution in [0.15, 0.2) is 29.3 Å². The van der Waals surface area contributed by atoms with Crippen molar-refractivity contribution in [3.05, 3.63) is 35.4 Å². The van der Waals surface area contributed by atoms with E-state index in [1.165, 1.54) is 12.8 Å². The lowest BCUT2D eigenvalue weighted by Gasteiger charge is -2.11. The largest absolute Gasteiger partial charge is 0.366 e. The van der Waals surface area contributed by atoms with Crippen LogP contribution in [0.25, 0.3) is 0 Å². The van der Waals surface area contributed by atoms with E-state index in [9.17, 15) is 4.79 Å². The highest BCUT2D eigenvalue weighted by Gasteiger charge is 2.01. The Morgan fingerprint density at radius 1 is 1.24 bits per heavy atom. The third-order valence-corrected chi connectivity index (χ3v) is 3.05. The molecule has 0 fully saturated rings. The lowest BCUT2D eigenvalue weighted by molar-refractivity contribution is 0.1000. The van der Waals surface area contributed by atoms with Gasteiger partial charge in [0.05, 0.1) is 6.54 Å². The predicted molar refractivity (Wildman–Crippen MR) is 87.3 cm³/mol. The molecule has 1 aromatic carbocycles. The Hall–Kier alpha value is -2.04. The number of primary amides is 1. The van der Waals surface area contributed by atoms with E-state index in [0.717, 1.165) is 31.0 Å². The van der Waals surface area contributed by atoms with Crippen LogP contribution in [0.5, 0.6) is 0 Å². The SMILES string of the molecule is CCCCCNC(=NCc1cccc(C(N)=O)c1)NCC. The van der Waals surface area contributed by atoms with Crippen molar-refractivity contribution < 1.29 is 4.79 Å². The minimum atomic E-state index is -0.412. The van der Waals surface area contributed by atoms with E-state index in [1.54, 1.807) is 12.1 Å². The van der Waals surface area contributed by atoms with E-state index in [4.69, 9.17) is 5.73 Å². The van der Waals surface area contributed by atoms with Gasteiger partial charge in [-0.05, 0) is 31.0 Å². The standard InChI is InChI=1S/C16H26N4O/c1-3-5-6-10-19-16(18-4-2)20-12-13-8-7-9-14(11-13)15(17)21/h7-9,11H,3-6,10,12H2,1-2H3,(H2,17,21)(H2,18,19,20). The fourth-order valence-corrected chi connectivity index (χ4v) is 1.92. The minimum absolute atomic E-state index is 0.412. The van der Waals surface area contributed by atoms with Crippen LogP contribution in [-0.4, -0.2) is 25.0 Å². The molecule has 5 heteroatoms. The smallest absolute Gasteiger partial charge is 0.248 e. The number of carbonyl (C=O) groups is 1. The molecule has 0 heterocycles. The third kappa shape index (κ3) is 6.79. The number of nitrogens with two attached hydrogens (primary N) is 1. The van der Waals surface area contributed by atoms with Crippen molar-refractivity contribution >= 4 is 11.9 Å². The van der Waals surface area contributed by atoms with Gasteiger partial charge in [0.15, 0.2) is 5.96 Å². The van der Waals surface area contributed by atoms with Crippen molar-refractivity contribution in [2.45, 2.75) is 39.7 Å². The summed E-state index contributed by atoms with van der Waals surface area (Å²) < 4.78 is 0. The molecule has 5 nitrogen and oxygen atoms in total. The van der Waals surface area contributed by atoms with Gasteiger partial charge in [-0.25, -0.2) is 4.99 Å². The van der Waals surface area contributed by atoms with Gasteiger partial charge < -0.3 is 16.4 Å². The van der Waals surface area contributed by atoms with Gasteiger partial charge >= 0.3 is 0 Å². The molecule has 0 aliphatic carbocycles. The van der Waals surface area contributed by atoms with Gasteiger partial charge in [-0.3, -0.25) is 4.79 Å². The van der Waals surface area contributed by atoms with E-state index in [1.807, 2.05) is 19.1 Å². The maximum Gasteiger partial charge on any atom is 0.248 e. The zero-order valence-corrected chi connectivity index (χ0v) is 13.0. The molecule has 0 unspecified atom stereocenters. The van der Waals surface area contributed by atoms with Crippen molar-refractivity contribution in [1.29, 1.82) is 0 Å². The molecule has 1 rings (SSSR count). The molecule has 0 bridgehead atoms. The van der Waals surface area contributed by atoms with Crippen molar-refractivity contribution in [1.82, 2.24) is 10.6 Å². The predicted octanol–water partition coefficient (Wildman–Crippen LogP) is 2.03. The first-order chi connectivity index (χ1) is 10.2. The lowest BCUT2D eigenvalue weighted by Crippen LogP contribution is -2.37. The van der Waals surface area contributed by atoms with Gasteiger partial charge in [-0.2, -0.15) is 0 Å². The monoisotopic (exact) mass is 290 g/mol. The molecule has 0 saturated carbocycles. The molecule has 0 saturated heterocycles. The van der Waals surface area contributed by atoms with Crippen LogP contribution >= 0.6 is 0 Å². The first-order valence-electron chi connectivity index (χ1n) is 7.58. The van der Waals surface area contributed by atoms with Crippen LogP contribution in [0.4, 0.5) is 0 Å². The fraction of sp³-hybridized carbons (Fsp3) is 0.500. The van der Waals surface area contributed by atoms with Crippen LogP contribution < -0.4 is 16.4 Å². The summed E-state index contributed by atoms with van der Waals surface area (Å²) in [6.45, 7) is 6.48. The molecule has 0 aliphatic heterocycles. The molecule has 4 N–H and O–H groups in total. The normalized spacial score (nSPS) is 11.2. The minimum Gasteiger partial charge on any atom is -0.366 e. The van der Waals surface area contributed by atoms with Crippen molar-refractivity contribution in [3.8, 4) is 0 Å². The number of nitrogens with one attached hydrogen (secondary N) is 2. The summed E-state index contributed by atoms with van der Waals surface area (Å²) in [5.74, 6) is 0.392. The van der Waals surface area contributed by atoms with Crippen molar-refractivity contribution in [2.24, 2.45) is 10.7 Å². The number of benzene rings is 1. The molecular weight excluding hydrogens is 264 g/mol. The molecule has 0 atom stereocenters. The maximum atomic E-state index is 11.2. The van der Waals surface area contributed by atoms with Gasteiger partial charge in [-0.15, -0.1) is 0 Å². The molecule has 21 heavy (non-hydrogen) atoms. The third-order valence-electron chi connectivity index (χ3n) is 3.05. The Labute approximate surface area is 127 Å². The first kappa shape index (κ1) is 17.0. The first-order valence-corrected chi connectivity index (χ1v) is 7.58. The molecular formula is C16H26N4O. The summed E-state index contributed by atoms with van der Waals surface area (Å²) in [6.07, 6.45) is 3.56. The van der Waals surface area contributed by atoms with Crippen LogP contribution in [0, 0.1) is 0 Å². The molecule has 1 amide bonds. The lowest BCUT2D eigenvalue weighted by atomic mass is 10.1. The molecule has 116 valence electrons. The van der Waals surface area contributed by atoms with E-state index >= 15 is 0 Å².